The maximum absolute atomic E-state index is 5.81. The van der Waals surface area contributed by atoms with E-state index in [2.05, 4.69) is 43.9 Å². The number of aryl methyl sites for hydroxylation is 1. The molecule has 1 aliphatic rings. The van der Waals surface area contributed by atoms with E-state index in [4.69, 9.17) is 5.73 Å². The summed E-state index contributed by atoms with van der Waals surface area (Å²) in [4.78, 5) is 2.09. The van der Waals surface area contributed by atoms with E-state index in [0.717, 1.165) is 43.1 Å². The minimum atomic E-state index is 0.540. The fourth-order valence-electron chi connectivity index (χ4n) is 2.71. The predicted molar refractivity (Wildman–Crippen MR) is 80.7 cm³/mol. The van der Waals surface area contributed by atoms with Crippen LogP contribution in [0.3, 0.4) is 0 Å². The van der Waals surface area contributed by atoms with Gasteiger partial charge in [0.2, 0.25) is 0 Å². The van der Waals surface area contributed by atoms with Crippen molar-refractivity contribution in [2.24, 2.45) is 11.7 Å². The lowest BCUT2D eigenvalue weighted by molar-refractivity contribution is 0.375. The zero-order valence-electron chi connectivity index (χ0n) is 12.1. The van der Waals surface area contributed by atoms with E-state index in [0.29, 0.717) is 5.92 Å². The molecule has 5 nitrogen and oxygen atoms in total. The highest BCUT2D eigenvalue weighted by Gasteiger charge is 2.22. The van der Waals surface area contributed by atoms with E-state index in [1.165, 1.54) is 5.69 Å². The van der Waals surface area contributed by atoms with Crippen LogP contribution in [0.1, 0.15) is 12.2 Å². The second-order valence-corrected chi connectivity index (χ2v) is 5.63. The Labute approximate surface area is 119 Å². The van der Waals surface area contributed by atoms with Gasteiger partial charge in [0.25, 0.3) is 0 Å². The monoisotopic (exact) mass is 271 g/mol. The average molecular weight is 271 g/mol. The Morgan fingerprint density at radius 2 is 2.00 bits per heavy atom. The fraction of sp³-hybridized carbons (Fsp3) is 0.467. The minimum absolute atomic E-state index is 0.540. The smallest absolute Gasteiger partial charge is 0.163 e. The molecule has 1 unspecified atom stereocenters. The standard InChI is InChI=1S/C15H21N5/c1-19(2)13-6-4-12(5-7-13)15-18-17-14-8-3-11(9-16)10-20(14)15/h4-7,11H,3,8-10,16H2,1-2H3. The van der Waals surface area contributed by atoms with Gasteiger partial charge in [-0.05, 0) is 43.1 Å². The van der Waals surface area contributed by atoms with Crippen LogP contribution in [0.25, 0.3) is 11.4 Å². The Balaban J connectivity index is 1.93. The van der Waals surface area contributed by atoms with Gasteiger partial charge in [-0.25, -0.2) is 0 Å². The molecule has 0 saturated heterocycles. The third-order valence-electron chi connectivity index (χ3n) is 4.02. The SMILES string of the molecule is CN(C)c1ccc(-c2nnc3n2CC(CN)CC3)cc1. The molecule has 0 fully saturated rings. The zero-order chi connectivity index (χ0) is 14.1. The van der Waals surface area contributed by atoms with Gasteiger partial charge in [-0.2, -0.15) is 0 Å². The lowest BCUT2D eigenvalue weighted by atomic mass is 9.99. The molecule has 1 aromatic carbocycles. The van der Waals surface area contributed by atoms with Crippen molar-refractivity contribution in [3.05, 3.63) is 30.1 Å². The Bertz CT molecular complexity index is 585. The predicted octanol–water partition coefficient (Wildman–Crippen LogP) is 1.53. The van der Waals surface area contributed by atoms with E-state index in [-0.39, 0.29) is 0 Å². The first-order valence-corrected chi connectivity index (χ1v) is 7.09. The van der Waals surface area contributed by atoms with Crippen molar-refractivity contribution in [3.8, 4) is 11.4 Å². The third kappa shape index (κ3) is 2.29. The lowest BCUT2D eigenvalue weighted by Gasteiger charge is -2.23. The van der Waals surface area contributed by atoms with Gasteiger partial charge in [0.1, 0.15) is 5.82 Å². The summed E-state index contributed by atoms with van der Waals surface area (Å²) >= 11 is 0. The van der Waals surface area contributed by atoms with E-state index in [1.807, 2.05) is 14.1 Å². The van der Waals surface area contributed by atoms with Gasteiger partial charge in [-0.15, -0.1) is 10.2 Å². The van der Waals surface area contributed by atoms with Gasteiger partial charge in [-0.3, -0.25) is 0 Å². The first-order chi connectivity index (χ1) is 9.69. The second-order valence-electron chi connectivity index (χ2n) is 5.63. The largest absolute Gasteiger partial charge is 0.378 e. The second kappa shape index (κ2) is 5.25. The number of nitrogens with two attached hydrogens (primary N) is 1. The van der Waals surface area contributed by atoms with Gasteiger partial charge in [0, 0.05) is 38.3 Å². The summed E-state index contributed by atoms with van der Waals surface area (Å²) in [6.07, 6.45) is 2.10. The molecule has 20 heavy (non-hydrogen) atoms. The molecule has 0 aliphatic carbocycles. The van der Waals surface area contributed by atoms with Crippen LogP contribution >= 0.6 is 0 Å². The summed E-state index contributed by atoms with van der Waals surface area (Å²) in [5.41, 5.74) is 8.12. The van der Waals surface area contributed by atoms with E-state index < -0.39 is 0 Å². The van der Waals surface area contributed by atoms with Crippen LogP contribution in [-0.4, -0.2) is 35.4 Å². The molecule has 0 spiro atoms. The molecule has 1 aliphatic heterocycles. The molecular weight excluding hydrogens is 250 g/mol. The van der Waals surface area contributed by atoms with Crippen molar-refractivity contribution in [1.82, 2.24) is 14.8 Å². The number of fused-ring (bicyclic) bond motifs is 1. The molecule has 0 amide bonds. The maximum atomic E-state index is 5.81. The average Bonchev–Trinajstić information content (AvgIpc) is 2.90. The van der Waals surface area contributed by atoms with E-state index in [1.54, 1.807) is 0 Å². The number of hydrogen-bond acceptors (Lipinski definition) is 4. The number of benzene rings is 1. The number of aromatic nitrogens is 3. The summed E-state index contributed by atoms with van der Waals surface area (Å²) in [6.45, 7) is 1.67. The molecular formula is C15H21N5. The fourth-order valence-corrected chi connectivity index (χ4v) is 2.71. The van der Waals surface area contributed by atoms with E-state index >= 15 is 0 Å². The van der Waals surface area contributed by atoms with E-state index in [9.17, 15) is 0 Å². The summed E-state index contributed by atoms with van der Waals surface area (Å²) in [5, 5.41) is 8.69. The molecule has 3 rings (SSSR count). The Kier molecular flexibility index (Phi) is 3.44. The number of nitrogens with zero attached hydrogens (tertiary/aromatic N) is 4. The van der Waals surface area contributed by atoms with Crippen molar-refractivity contribution >= 4 is 5.69 Å². The topological polar surface area (TPSA) is 60.0 Å². The first kappa shape index (κ1) is 13.1. The lowest BCUT2D eigenvalue weighted by Crippen LogP contribution is -2.26. The van der Waals surface area contributed by atoms with Crippen LogP contribution in [0.4, 0.5) is 5.69 Å². The molecule has 1 aromatic heterocycles. The zero-order valence-corrected chi connectivity index (χ0v) is 12.1. The van der Waals surface area contributed by atoms with Crippen LogP contribution in [0, 0.1) is 5.92 Å². The molecule has 1 atom stereocenters. The van der Waals surface area contributed by atoms with Crippen LogP contribution in [0.2, 0.25) is 0 Å². The van der Waals surface area contributed by atoms with Crippen LogP contribution < -0.4 is 10.6 Å². The highest BCUT2D eigenvalue weighted by Crippen LogP contribution is 2.26. The van der Waals surface area contributed by atoms with Gasteiger partial charge >= 0.3 is 0 Å². The van der Waals surface area contributed by atoms with Crippen molar-refractivity contribution in [2.75, 3.05) is 25.5 Å². The van der Waals surface area contributed by atoms with Crippen LogP contribution in [0.15, 0.2) is 24.3 Å². The highest BCUT2D eigenvalue weighted by atomic mass is 15.3. The van der Waals surface area contributed by atoms with Crippen molar-refractivity contribution < 1.29 is 0 Å². The minimum Gasteiger partial charge on any atom is -0.378 e. The summed E-state index contributed by atoms with van der Waals surface area (Å²) in [7, 11) is 4.08. The first-order valence-electron chi connectivity index (χ1n) is 7.09. The third-order valence-corrected chi connectivity index (χ3v) is 4.02. The normalized spacial score (nSPS) is 17.9. The van der Waals surface area contributed by atoms with Crippen LogP contribution in [-0.2, 0) is 13.0 Å². The number of hydrogen-bond donors (Lipinski definition) is 1. The molecule has 2 heterocycles. The molecule has 0 saturated carbocycles. The molecule has 0 bridgehead atoms. The van der Waals surface area contributed by atoms with Crippen molar-refractivity contribution in [2.45, 2.75) is 19.4 Å². The number of rotatable bonds is 3. The summed E-state index contributed by atoms with van der Waals surface area (Å²) in [6, 6.07) is 8.44. The van der Waals surface area contributed by atoms with Gasteiger partial charge in [-0.1, -0.05) is 0 Å². The molecule has 0 radical (unpaired) electrons. The van der Waals surface area contributed by atoms with Gasteiger partial charge in [0.05, 0.1) is 0 Å². The van der Waals surface area contributed by atoms with Crippen LogP contribution in [0.5, 0.6) is 0 Å². The van der Waals surface area contributed by atoms with Gasteiger partial charge in [0.15, 0.2) is 5.82 Å². The van der Waals surface area contributed by atoms with Crippen molar-refractivity contribution in [1.29, 1.82) is 0 Å². The number of anilines is 1. The molecule has 2 aromatic rings. The molecule has 5 heteroatoms. The van der Waals surface area contributed by atoms with Gasteiger partial charge < -0.3 is 15.2 Å². The summed E-state index contributed by atoms with van der Waals surface area (Å²) in [5.74, 6) is 2.59. The quantitative estimate of drug-likeness (QED) is 0.919. The molecule has 106 valence electrons. The van der Waals surface area contributed by atoms with Crippen molar-refractivity contribution in [3.63, 3.8) is 0 Å². The Hall–Kier alpha value is -1.88. The Morgan fingerprint density at radius 1 is 1.25 bits per heavy atom. The summed E-state index contributed by atoms with van der Waals surface area (Å²) < 4.78 is 2.23. The maximum Gasteiger partial charge on any atom is 0.163 e. The highest BCUT2D eigenvalue weighted by molar-refractivity contribution is 5.60. The molecule has 2 N–H and O–H groups in total. The Morgan fingerprint density at radius 3 is 2.65 bits per heavy atom.